The molecule has 2 fully saturated rings. The lowest BCUT2D eigenvalue weighted by Gasteiger charge is -2.48. The summed E-state index contributed by atoms with van der Waals surface area (Å²) in [5.74, 6) is 1.42. The molecule has 1 amide bonds. The monoisotopic (exact) mass is 365 g/mol. The van der Waals surface area contributed by atoms with Crippen molar-refractivity contribution < 1.29 is 9.18 Å². The molecule has 0 bridgehead atoms. The van der Waals surface area contributed by atoms with Crippen LogP contribution in [0.25, 0.3) is 22.6 Å². The van der Waals surface area contributed by atoms with Crippen LogP contribution in [0.2, 0.25) is 0 Å². The molecule has 6 nitrogen and oxygen atoms in total. The highest BCUT2D eigenvalue weighted by atomic mass is 19.1. The van der Waals surface area contributed by atoms with Crippen LogP contribution in [-0.4, -0.2) is 40.0 Å². The lowest BCUT2D eigenvalue weighted by atomic mass is 9.66. The third-order valence-corrected chi connectivity index (χ3v) is 5.81. The molecular weight excluding hydrogens is 345 g/mol. The van der Waals surface area contributed by atoms with E-state index in [1.54, 1.807) is 24.4 Å². The van der Waals surface area contributed by atoms with Gasteiger partial charge in [0.15, 0.2) is 5.65 Å². The Kier molecular flexibility index (Phi) is 3.89. The third-order valence-electron chi connectivity index (χ3n) is 5.81. The average Bonchev–Trinajstić information content (AvgIpc) is 3.10. The number of halogens is 1. The van der Waals surface area contributed by atoms with Gasteiger partial charge < -0.3 is 15.6 Å². The van der Waals surface area contributed by atoms with E-state index in [0.717, 1.165) is 31.5 Å². The molecule has 3 unspecified atom stereocenters. The fourth-order valence-corrected chi connectivity index (χ4v) is 4.29. The molecule has 27 heavy (non-hydrogen) atoms. The Bertz CT molecular complexity index is 999. The van der Waals surface area contributed by atoms with E-state index in [9.17, 15) is 9.18 Å². The second-order valence-corrected chi connectivity index (χ2v) is 7.38. The highest BCUT2D eigenvalue weighted by Crippen LogP contribution is 2.38. The number of nitrogens with zero attached hydrogens (tertiary/aromatic N) is 2. The fraction of sp³-hybridized carbons (Fsp3) is 0.350. The van der Waals surface area contributed by atoms with Gasteiger partial charge in [-0.25, -0.2) is 14.4 Å². The van der Waals surface area contributed by atoms with Crippen molar-refractivity contribution in [2.45, 2.75) is 18.9 Å². The van der Waals surface area contributed by atoms with Crippen molar-refractivity contribution in [1.82, 2.24) is 25.6 Å². The van der Waals surface area contributed by atoms with Crippen molar-refractivity contribution >= 4 is 17.1 Å². The number of aromatic amines is 1. The number of nitrogens with one attached hydrogen (secondary N) is 3. The molecule has 0 spiro atoms. The second kappa shape index (κ2) is 6.42. The number of hydrogen-bond donors (Lipinski definition) is 3. The lowest BCUT2D eigenvalue weighted by Crippen LogP contribution is -2.58. The van der Waals surface area contributed by atoms with Gasteiger partial charge in [-0.3, -0.25) is 4.79 Å². The van der Waals surface area contributed by atoms with Gasteiger partial charge in [0.2, 0.25) is 0 Å². The quantitative estimate of drug-likeness (QED) is 0.666. The van der Waals surface area contributed by atoms with Crippen LogP contribution >= 0.6 is 0 Å². The Balaban J connectivity index is 1.41. The van der Waals surface area contributed by atoms with Crippen LogP contribution in [0.1, 0.15) is 23.2 Å². The summed E-state index contributed by atoms with van der Waals surface area (Å²) >= 11 is 0. The number of benzene rings is 1. The van der Waals surface area contributed by atoms with E-state index in [-0.39, 0.29) is 17.8 Å². The number of fused-ring (bicyclic) bond motifs is 2. The van der Waals surface area contributed by atoms with Gasteiger partial charge >= 0.3 is 0 Å². The predicted octanol–water partition coefficient (Wildman–Crippen LogP) is 2.49. The van der Waals surface area contributed by atoms with Crippen LogP contribution in [0, 0.1) is 17.7 Å². The maximum absolute atomic E-state index is 13.2. The molecule has 3 heterocycles. The molecule has 7 heteroatoms. The summed E-state index contributed by atoms with van der Waals surface area (Å²) in [6.07, 6.45) is 3.74. The Hall–Kier alpha value is -2.80. The minimum Gasteiger partial charge on any atom is -0.349 e. The molecule has 1 saturated carbocycles. The zero-order valence-electron chi connectivity index (χ0n) is 14.7. The Morgan fingerprint density at radius 1 is 1.22 bits per heavy atom. The summed E-state index contributed by atoms with van der Waals surface area (Å²) in [6.45, 7) is 2.08. The number of rotatable bonds is 3. The first-order valence-electron chi connectivity index (χ1n) is 9.31. The van der Waals surface area contributed by atoms with E-state index in [4.69, 9.17) is 0 Å². The number of H-pyrrole nitrogens is 1. The minimum absolute atomic E-state index is 0.0984. The normalized spacial score (nSPS) is 24.3. The van der Waals surface area contributed by atoms with Crippen molar-refractivity contribution in [2.75, 3.05) is 13.1 Å². The predicted molar refractivity (Wildman–Crippen MR) is 99.6 cm³/mol. The van der Waals surface area contributed by atoms with Gasteiger partial charge in [-0.15, -0.1) is 0 Å². The largest absolute Gasteiger partial charge is 0.349 e. The topological polar surface area (TPSA) is 82.7 Å². The number of imidazole rings is 1. The minimum atomic E-state index is -0.301. The van der Waals surface area contributed by atoms with E-state index in [0.29, 0.717) is 34.4 Å². The summed E-state index contributed by atoms with van der Waals surface area (Å²) in [5.41, 5.74) is 2.38. The second-order valence-electron chi connectivity index (χ2n) is 7.38. The van der Waals surface area contributed by atoms with Gasteiger partial charge in [-0.1, -0.05) is 0 Å². The summed E-state index contributed by atoms with van der Waals surface area (Å²) in [4.78, 5) is 24.8. The average molecular weight is 365 g/mol. The Morgan fingerprint density at radius 3 is 2.89 bits per heavy atom. The number of pyridine rings is 1. The van der Waals surface area contributed by atoms with Crippen molar-refractivity contribution in [3.8, 4) is 11.4 Å². The van der Waals surface area contributed by atoms with Gasteiger partial charge in [-0.2, -0.15) is 0 Å². The van der Waals surface area contributed by atoms with E-state index in [2.05, 4.69) is 25.6 Å². The van der Waals surface area contributed by atoms with Crippen LogP contribution in [0.4, 0.5) is 4.39 Å². The maximum atomic E-state index is 13.2. The van der Waals surface area contributed by atoms with Crippen molar-refractivity contribution in [2.24, 2.45) is 11.8 Å². The van der Waals surface area contributed by atoms with Crippen molar-refractivity contribution in [3.63, 3.8) is 0 Å². The molecule has 1 saturated heterocycles. The first-order chi connectivity index (χ1) is 13.2. The SMILES string of the molecule is O=C(NC1CC2CNCCC21)c1ccnc2nc(-c3ccc(F)cc3)[nH]c12. The van der Waals surface area contributed by atoms with Crippen LogP contribution in [0.5, 0.6) is 0 Å². The Labute approximate surface area is 155 Å². The van der Waals surface area contributed by atoms with Crippen molar-refractivity contribution in [3.05, 3.63) is 47.9 Å². The molecule has 3 atom stereocenters. The van der Waals surface area contributed by atoms with Crippen LogP contribution in [0.3, 0.4) is 0 Å². The fourth-order valence-electron chi connectivity index (χ4n) is 4.29. The molecule has 1 aliphatic heterocycles. The van der Waals surface area contributed by atoms with Gasteiger partial charge in [0.25, 0.3) is 5.91 Å². The Morgan fingerprint density at radius 2 is 2.07 bits per heavy atom. The third kappa shape index (κ3) is 2.88. The van der Waals surface area contributed by atoms with E-state index in [1.807, 2.05) is 0 Å². The summed E-state index contributed by atoms with van der Waals surface area (Å²) in [5, 5.41) is 6.60. The first-order valence-corrected chi connectivity index (χ1v) is 9.31. The highest BCUT2D eigenvalue weighted by molar-refractivity contribution is 6.04. The molecule has 138 valence electrons. The van der Waals surface area contributed by atoms with Gasteiger partial charge in [0.05, 0.1) is 11.1 Å². The molecule has 3 aromatic rings. The van der Waals surface area contributed by atoms with Crippen LogP contribution in [0.15, 0.2) is 36.5 Å². The number of amides is 1. The molecule has 1 aromatic carbocycles. The summed E-state index contributed by atoms with van der Waals surface area (Å²) in [7, 11) is 0. The number of aromatic nitrogens is 3. The number of piperidine rings is 1. The molecule has 3 N–H and O–H groups in total. The molecule has 1 aliphatic carbocycles. The molecule has 5 rings (SSSR count). The molecule has 0 radical (unpaired) electrons. The highest BCUT2D eigenvalue weighted by Gasteiger charge is 2.42. The maximum Gasteiger partial charge on any atom is 0.253 e. The zero-order chi connectivity index (χ0) is 18.4. The van der Waals surface area contributed by atoms with E-state index < -0.39 is 0 Å². The van der Waals surface area contributed by atoms with Crippen LogP contribution in [-0.2, 0) is 0 Å². The molecule has 2 aromatic heterocycles. The van der Waals surface area contributed by atoms with Crippen LogP contribution < -0.4 is 10.6 Å². The standard InChI is InChI=1S/C20H20FN5O/c21-13-3-1-11(2-4-13)18-25-17-15(6-8-23-19(17)26-18)20(27)24-16-9-12-10-22-7-5-14(12)16/h1-4,6,8,12,14,16,22H,5,7,9-10H2,(H,24,27)(H,23,25,26). The lowest BCUT2D eigenvalue weighted by molar-refractivity contribution is 0.0592. The zero-order valence-corrected chi connectivity index (χ0v) is 14.7. The van der Waals surface area contributed by atoms with Gasteiger partial charge in [0.1, 0.15) is 11.6 Å². The number of hydrogen-bond acceptors (Lipinski definition) is 4. The summed E-state index contributed by atoms with van der Waals surface area (Å²) in [6, 6.07) is 8.03. The van der Waals surface area contributed by atoms with E-state index >= 15 is 0 Å². The molecular formula is C20H20FN5O. The first kappa shape index (κ1) is 16.4. The number of carbonyl (C=O) groups is 1. The van der Waals surface area contributed by atoms with Crippen molar-refractivity contribution in [1.29, 1.82) is 0 Å². The summed E-state index contributed by atoms with van der Waals surface area (Å²) < 4.78 is 13.2. The number of carbonyl (C=O) groups excluding carboxylic acids is 1. The smallest absolute Gasteiger partial charge is 0.253 e. The molecule has 2 aliphatic rings. The van der Waals surface area contributed by atoms with E-state index in [1.165, 1.54) is 12.1 Å². The van der Waals surface area contributed by atoms with Gasteiger partial charge in [0, 0.05) is 17.8 Å². The van der Waals surface area contributed by atoms with Gasteiger partial charge in [-0.05, 0) is 68.1 Å².